The Bertz CT molecular complexity index is 1020. The van der Waals surface area contributed by atoms with Gasteiger partial charge >= 0.3 is 6.61 Å². The van der Waals surface area contributed by atoms with Crippen LogP contribution in [-0.2, 0) is 10.3 Å². The number of hydrogen-bond acceptors (Lipinski definition) is 9. The Balaban J connectivity index is 1.54. The fourth-order valence-corrected chi connectivity index (χ4v) is 5.71. The number of carbonyl (C=O) groups excluding carboxylic acids is 1. The third-order valence-corrected chi connectivity index (χ3v) is 7.20. The molecule has 166 valence electrons. The van der Waals surface area contributed by atoms with E-state index in [0.717, 1.165) is 23.4 Å². The zero-order valence-corrected chi connectivity index (χ0v) is 18.4. The Hall–Kier alpha value is -2.31. The van der Waals surface area contributed by atoms with Crippen molar-refractivity contribution in [3.05, 3.63) is 33.9 Å². The summed E-state index contributed by atoms with van der Waals surface area (Å²) in [7, 11) is 0. The van der Waals surface area contributed by atoms with Gasteiger partial charge in [-0.15, -0.1) is 11.3 Å². The van der Waals surface area contributed by atoms with Gasteiger partial charge in [-0.1, -0.05) is 11.8 Å². The molecule has 12 heteroatoms. The number of rotatable bonds is 5. The molecule has 0 aromatic carbocycles. The number of thiazole rings is 1. The van der Waals surface area contributed by atoms with Gasteiger partial charge in [0.05, 0.1) is 18.9 Å². The second kappa shape index (κ2) is 8.67. The predicted octanol–water partition coefficient (Wildman–Crippen LogP) is 3.38. The van der Waals surface area contributed by atoms with Crippen LogP contribution in [0.25, 0.3) is 0 Å². The molecule has 4 heterocycles. The minimum atomic E-state index is -2.96. The zero-order chi connectivity index (χ0) is 22.2. The fraction of sp³-hybridized carbons (Fsp3) is 0.474. The molecule has 4 rings (SSSR count). The Labute approximate surface area is 185 Å². The Morgan fingerprint density at radius 2 is 2.29 bits per heavy atom. The van der Waals surface area contributed by atoms with Crippen molar-refractivity contribution in [3.63, 3.8) is 0 Å². The number of amides is 1. The van der Waals surface area contributed by atoms with E-state index < -0.39 is 18.1 Å². The van der Waals surface area contributed by atoms with Gasteiger partial charge in [-0.25, -0.2) is 15.0 Å². The van der Waals surface area contributed by atoms with Crippen LogP contribution < -0.4 is 15.8 Å². The van der Waals surface area contributed by atoms with Gasteiger partial charge in [-0.05, 0) is 31.9 Å². The summed E-state index contributed by atoms with van der Waals surface area (Å²) in [5.41, 5.74) is 5.87. The number of hydrogen-bond donors (Lipinski definition) is 2. The third-order valence-electron chi connectivity index (χ3n) is 5.23. The number of nitrogens with zero attached hydrogens (tertiary/aromatic N) is 3. The molecule has 0 radical (unpaired) electrons. The van der Waals surface area contributed by atoms with Gasteiger partial charge in [0.1, 0.15) is 27.8 Å². The number of fused-ring (bicyclic) bond motifs is 1. The number of thioether (sulfide) groups is 1. The van der Waals surface area contributed by atoms with Crippen LogP contribution in [0.5, 0.6) is 5.75 Å². The summed E-state index contributed by atoms with van der Waals surface area (Å²) in [6.07, 6.45) is 2.07. The first kappa shape index (κ1) is 21.9. The number of carbonyl (C=O) groups is 1. The average molecular weight is 470 g/mol. The summed E-state index contributed by atoms with van der Waals surface area (Å²) in [5, 5.41) is 5.68. The smallest absolute Gasteiger partial charge is 0.387 e. The van der Waals surface area contributed by atoms with E-state index in [1.54, 1.807) is 12.3 Å². The average Bonchev–Trinajstić information content (AvgIpc) is 3.17. The highest BCUT2D eigenvalue weighted by Crippen LogP contribution is 2.47. The highest BCUT2D eigenvalue weighted by Gasteiger charge is 2.49. The first-order chi connectivity index (χ1) is 14.8. The van der Waals surface area contributed by atoms with Gasteiger partial charge < -0.3 is 20.5 Å². The molecule has 2 aliphatic heterocycles. The van der Waals surface area contributed by atoms with Gasteiger partial charge in [0.15, 0.2) is 5.17 Å². The molecule has 2 aromatic rings. The maximum absolute atomic E-state index is 12.7. The molecular weight excluding hydrogens is 448 g/mol. The van der Waals surface area contributed by atoms with Gasteiger partial charge in [-0.3, -0.25) is 4.79 Å². The van der Waals surface area contributed by atoms with Gasteiger partial charge in [0, 0.05) is 17.1 Å². The third kappa shape index (κ3) is 4.51. The van der Waals surface area contributed by atoms with Crippen molar-refractivity contribution < 1.29 is 23.0 Å². The van der Waals surface area contributed by atoms with E-state index >= 15 is 0 Å². The lowest BCUT2D eigenvalue weighted by molar-refractivity contribution is -0.0501. The first-order valence-electron chi connectivity index (χ1n) is 9.55. The van der Waals surface area contributed by atoms with Crippen LogP contribution in [0.1, 0.15) is 34.4 Å². The van der Waals surface area contributed by atoms with Crippen LogP contribution in [0.4, 0.5) is 14.6 Å². The van der Waals surface area contributed by atoms with Crippen molar-refractivity contribution in [2.45, 2.75) is 38.5 Å². The maximum atomic E-state index is 12.7. The van der Waals surface area contributed by atoms with E-state index in [4.69, 9.17) is 15.5 Å². The van der Waals surface area contributed by atoms with Crippen molar-refractivity contribution in [1.82, 2.24) is 9.97 Å². The molecule has 0 aliphatic carbocycles. The summed E-state index contributed by atoms with van der Waals surface area (Å²) in [4.78, 5) is 25.9. The number of aliphatic imine (C=N–C) groups is 1. The Morgan fingerprint density at radius 1 is 1.48 bits per heavy atom. The number of pyridine rings is 1. The summed E-state index contributed by atoms with van der Waals surface area (Å²) in [6, 6.07) is 1.34. The van der Waals surface area contributed by atoms with Gasteiger partial charge in [-0.2, -0.15) is 8.78 Å². The minimum absolute atomic E-state index is 0.0957. The summed E-state index contributed by atoms with van der Waals surface area (Å²) in [6.45, 7) is 1.05. The number of aryl methyl sites for hydroxylation is 1. The topological polar surface area (TPSA) is 112 Å². The van der Waals surface area contributed by atoms with Crippen LogP contribution in [0.15, 0.2) is 22.6 Å². The number of amidine groups is 1. The summed E-state index contributed by atoms with van der Waals surface area (Å²) >= 11 is 2.92. The lowest BCUT2D eigenvalue weighted by Gasteiger charge is -2.44. The van der Waals surface area contributed by atoms with Crippen molar-refractivity contribution in [2.75, 3.05) is 17.7 Å². The molecule has 1 saturated heterocycles. The molecule has 0 bridgehead atoms. The van der Waals surface area contributed by atoms with Crippen LogP contribution in [0.2, 0.25) is 0 Å². The van der Waals surface area contributed by atoms with E-state index in [9.17, 15) is 13.6 Å². The lowest BCUT2D eigenvalue weighted by Crippen LogP contribution is -2.49. The number of halogens is 2. The molecule has 1 amide bonds. The molecule has 2 aliphatic rings. The molecule has 1 fully saturated rings. The number of aromatic nitrogens is 2. The van der Waals surface area contributed by atoms with Gasteiger partial charge in [0.2, 0.25) is 0 Å². The molecule has 8 nitrogen and oxygen atoms in total. The monoisotopic (exact) mass is 469 g/mol. The highest BCUT2D eigenvalue weighted by atomic mass is 32.2. The number of nitrogens with one attached hydrogen (secondary N) is 1. The Morgan fingerprint density at radius 3 is 3.03 bits per heavy atom. The van der Waals surface area contributed by atoms with Crippen LogP contribution >= 0.6 is 23.1 Å². The first-order valence-corrected chi connectivity index (χ1v) is 11.4. The summed E-state index contributed by atoms with van der Waals surface area (Å²) in [5.74, 6) is 0.817. The highest BCUT2D eigenvalue weighted by molar-refractivity contribution is 8.13. The van der Waals surface area contributed by atoms with Crippen molar-refractivity contribution >= 4 is 40.0 Å². The molecular formula is C19H21F2N5O3S2. The van der Waals surface area contributed by atoms with E-state index in [-0.39, 0.29) is 23.5 Å². The summed E-state index contributed by atoms with van der Waals surface area (Å²) < 4.78 is 34.9. The molecule has 3 atom stereocenters. The van der Waals surface area contributed by atoms with Crippen LogP contribution in [0, 0.1) is 12.8 Å². The number of anilines is 1. The Kier molecular flexibility index (Phi) is 6.13. The molecule has 0 saturated carbocycles. The van der Waals surface area contributed by atoms with E-state index in [2.05, 4.69) is 20.0 Å². The van der Waals surface area contributed by atoms with E-state index in [1.807, 2.05) is 6.92 Å². The van der Waals surface area contributed by atoms with Crippen LogP contribution in [-0.4, -0.2) is 46.1 Å². The lowest BCUT2D eigenvalue weighted by atomic mass is 9.80. The largest absolute Gasteiger partial charge is 0.433 e. The molecule has 1 unspecified atom stereocenters. The van der Waals surface area contributed by atoms with Gasteiger partial charge in [0.25, 0.3) is 5.91 Å². The van der Waals surface area contributed by atoms with E-state index in [0.29, 0.717) is 23.2 Å². The minimum Gasteiger partial charge on any atom is -0.433 e. The molecule has 31 heavy (non-hydrogen) atoms. The second-order valence-corrected chi connectivity index (χ2v) is 9.34. The quantitative estimate of drug-likeness (QED) is 0.690. The van der Waals surface area contributed by atoms with Crippen molar-refractivity contribution in [3.8, 4) is 5.75 Å². The number of ether oxygens (including phenoxy) is 2. The second-order valence-electron chi connectivity index (χ2n) is 7.45. The number of alkyl halides is 2. The van der Waals surface area contributed by atoms with Crippen LogP contribution in [0.3, 0.4) is 0 Å². The molecule has 0 spiro atoms. The van der Waals surface area contributed by atoms with Crippen molar-refractivity contribution in [2.24, 2.45) is 16.6 Å². The van der Waals surface area contributed by atoms with Crippen molar-refractivity contribution in [1.29, 1.82) is 0 Å². The standard InChI is InChI=1S/C19H21F2N5O3S2/c1-9-3-12(29-17(20)21)5-23-14(9)15(27)24-13-7-30-16(25-13)19-8-28-10(2)4-11(19)6-31-18(22)26-19/h3,5,7,10-11,17H,4,6,8H2,1-2H3,(H2,22,26)(H,24,27)/t10-,11-,19?/m0/s1. The molecule has 3 N–H and O–H groups in total. The number of nitrogens with two attached hydrogens (primary N) is 1. The fourth-order valence-electron chi connectivity index (χ4n) is 3.74. The SMILES string of the molecule is Cc1cc(OC(F)F)cnc1C(=O)Nc1csc(C23CO[C@@H](C)C[C@H]2CSC(N)=N3)n1. The maximum Gasteiger partial charge on any atom is 0.387 e. The van der Waals surface area contributed by atoms with E-state index in [1.165, 1.54) is 29.2 Å². The zero-order valence-electron chi connectivity index (χ0n) is 16.8. The predicted molar refractivity (Wildman–Crippen MR) is 115 cm³/mol. The molecule has 2 aromatic heterocycles. The normalized spacial score (nSPS) is 25.6.